The molecule has 0 bridgehead atoms. The highest BCUT2D eigenvalue weighted by Crippen LogP contribution is 2.11. The summed E-state index contributed by atoms with van der Waals surface area (Å²) in [6, 6.07) is 0. The Balaban J connectivity index is 3.17. The minimum Gasteiger partial charge on any atom is -0.502 e. The van der Waals surface area contributed by atoms with E-state index in [9.17, 15) is 0 Å². The first kappa shape index (κ1) is 13.5. The summed E-state index contributed by atoms with van der Waals surface area (Å²) in [5.74, 6) is 0. The average molecular weight is 201 g/mol. The van der Waals surface area contributed by atoms with Gasteiger partial charge in [-0.1, -0.05) is 6.58 Å². The zero-order chi connectivity index (χ0) is 10.9. The van der Waals surface area contributed by atoms with Gasteiger partial charge >= 0.3 is 0 Å². The molecule has 0 radical (unpaired) electrons. The second kappa shape index (κ2) is 7.83. The van der Waals surface area contributed by atoms with Crippen molar-refractivity contribution in [1.82, 2.24) is 5.32 Å². The maximum absolute atomic E-state index is 5.30. The molecule has 0 unspecified atom stereocenters. The molecular weight excluding hydrogens is 178 g/mol. The zero-order valence-corrected chi connectivity index (χ0v) is 9.64. The van der Waals surface area contributed by atoms with Crippen molar-refractivity contribution in [3.05, 3.63) is 12.8 Å². The summed E-state index contributed by atoms with van der Waals surface area (Å²) in [5, 5.41) is 3.34. The molecule has 0 aromatic rings. The van der Waals surface area contributed by atoms with Crippen LogP contribution >= 0.6 is 0 Å². The van der Waals surface area contributed by atoms with Crippen LogP contribution < -0.4 is 5.32 Å². The van der Waals surface area contributed by atoms with Crippen molar-refractivity contribution in [3.8, 4) is 0 Å². The van der Waals surface area contributed by atoms with Crippen LogP contribution in [0.25, 0.3) is 0 Å². The summed E-state index contributed by atoms with van der Waals surface area (Å²) in [5.41, 5.74) is -0.0232. The Morgan fingerprint density at radius 3 is 2.64 bits per heavy atom. The molecule has 0 aliphatic carbocycles. The van der Waals surface area contributed by atoms with Crippen LogP contribution in [0.1, 0.15) is 26.7 Å². The van der Waals surface area contributed by atoms with Crippen molar-refractivity contribution in [2.24, 2.45) is 0 Å². The number of nitrogens with one attached hydrogen (secondary N) is 1. The van der Waals surface area contributed by atoms with Crippen LogP contribution in [-0.2, 0) is 9.47 Å². The Labute approximate surface area is 87.5 Å². The predicted octanol–water partition coefficient (Wildman–Crippen LogP) is 1.94. The second-order valence-electron chi connectivity index (χ2n) is 3.85. The molecule has 0 rings (SSSR count). The van der Waals surface area contributed by atoms with Gasteiger partial charge in [0.2, 0.25) is 0 Å². The molecule has 1 N–H and O–H groups in total. The second-order valence-corrected chi connectivity index (χ2v) is 3.85. The van der Waals surface area contributed by atoms with Crippen molar-refractivity contribution < 1.29 is 9.47 Å². The molecule has 84 valence electrons. The molecule has 3 nitrogen and oxygen atoms in total. The fourth-order valence-electron chi connectivity index (χ4n) is 0.980. The van der Waals surface area contributed by atoms with Gasteiger partial charge in [0, 0.05) is 7.11 Å². The van der Waals surface area contributed by atoms with Gasteiger partial charge in [-0.05, 0) is 39.8 Å². The van der Waals surface area contributed by atoms with Gasteiger partial charge in [-0.3, -0.25) is 0 Å². The van der Waals surface area contributed by atoms with Crippen LogP contribution in [0.4, 0.5) is 0 Å². The molecule has 0 aromatic heterocycles. The first-order chi connectivity index (χ1) is 6.62. The lowest BCUT2D eigenvalue weighted by Gasteiger charge is -2.22. The van der Waals surface area contributed by atoms with Gasteiger partial charge in [-0.15, -0.1) is 0 Å². The molecule has 0 aromatic carbocycles. The highest BCUT2D eigenvalue weighted by Gasteiger charge is 2.14. The third-order valence-corrected chi connectivity index (χ3v) is 2.19. The summed E-state index contributed by atoms with van der Waals surface area (Å²) in [4.78, 5) is 0. The maximum atomic E-state index is 5.30. The third kappa shape index (κ3) is 8.08. The fourth-order valence-corrected chi connectivity index (χ4v) is 0.980. The highest BCUT2D eigenvalue weighted by atomic mass is 16.5. The molecule has 0 atom stereocenters. The topological polar surface area (TPSA) is 30.5 Å². The van der Waals surface area contributed by atoms with E-state index in [1.54, 1.807) is 7.11 Å². The van der Waals surface area contributed by atoms with Crippen LogP contribution in [-0.4, -0.2) is 32.4 Å². The molecule has 0 heterocycles. The lowest BCUT2D eigenvalue weighted by Crippen LogP contribution is -2.29. The molecule has 14 heavy (non-hydrogen) atoms. The number of rotatable bonds is 9. The van der Waals surface area contributed by atoms with Gasteiger partial charge in [-0.2, -0.15) is 0 Å². The van der Waals surface area contributed by atoms with E-state index in [1.807, 2.05) is 0 Å². The molecule has 0 saturated carbocycles. The first-order valence-corrected chi connectivity index (χ1v) is 5.11. The summed E-state index contributed by atoms with van der Waals surface area (Å²) in [6.07, 6.45) is 3.51. The predicted molar refractivity (Wildman–Crippen MR) is 59.3 cm³/mol. The molecule has 0 saturated heterocycles. The summed E-state index contributed by atoms with van der Waals surface area (Å²) >= 11 is 0. The van der Waals surface area contributed by atoms with E-state index in [-0.39, 0.29) is 5.60 Å². The van der Waals surface area contributed by atoms with Crippen molar-refractivity contribution in [3.63, 3.8) is 0 Å². The number of ether oxygens (including phenoxy) is 2. The zero-order valence-electron chi connectivity index (χ0n) is 9.64. The molecular formula is C11H23NO2. The first-order valence-electron chi connectivity index (χ1n) is 5.11. The highest BCUT2D eigenvalue weighted by molar-refractivity contribution is 4.68. The van der Waals surface area contributed by atoms with Gasteiger partial charge in [-0.25, -0.2) is 0 Å². The van der Waals surface area contributed by atoms with E-state index >= 15 is 0 Å². The Hall–Kier alpha value is -0.540. The fraction of sp³-hybridized carbons (Fsp3) is 0.818. The van der Waals surface area contributed by atoms with Crippen LogP contribution in [0.5, 0.6) is 0 Å². The van der Waals surface area contributed by atoms with Crippen LogP contribution in [0.2, 0.25) is 0 Å². The van der Waals surface area contributed by atoms with E-state index < -0.39 is 0 Å². The van der Waals surface area contributed by atoms with Gasteiger partial charge in [0.15, 0.2) is 0 Å². The van der Waals surface area contributed by atoms with Gasteiger partial charge < -0.3 is 14.8 Å². The number of methoxy groups -OCH3 is 1. The van der Waals surface area contributed by atoms with Crippen LogP contribution in [0.3, 0.4) is 0 Å². The normalized spacial score (nSPS) is 11.4. The lowest BCUT2D eigenvalue weighted by atomic mass is 10.1. The third-order valence-electron chi connectivity index (χ3n) is 2.19. The summed E-state index contributed by atoms with van der Waals surface area (Å²) in [6.45, 7) is 10.4. The van der Waals surface area contributed by atoms with Crippen molar-refractivity contribution in [1.29, 1.82) is 0 Å². The molecule has 3 heteroatoms. The summed E-state index contributed by atoms with van der Waals surface area (Å²) < 4.78 is 10.3. The molecule has 0 aliphatic heterocycles. The standard InChI is InChI=1S/C11H23NO2/c1-5-14-10-6-8-12-9-7-11(2,3)13-4/h5,12H,1,6-10H2,2-4H3. The van der Waals surface area contributed by atoms with Crippen molar-refractivity contribution in [2.75, 3.05) is 26.8 Å². The average Bonchev–Trinajstić information content (AvgIpc) is 2.16. The maximum Gasteiger partial charge on any atom is 0.0885 e. The van der Waals surface area contributed by atoms with Crippen molar-refractivity contribution >= 4 is 0 Å². The van der Waals surface area contributed by atoms with Gasteiger partial charge in [0.25, 0.3) is 0 Å². The largest absolute Gasteiger partial charge is 0.502 e. The molecule has 0 spiro atoms. The number of hydrogen-bond donors (Lipinski definition) is 1. The van der Waals surface area contributed by atoms with Crippen LogP contribution in [0.15, 0.2) is 12.8 Å². The Morgan fingerprint density at radius 1 is 1.36 bits per heavy atom. The smallest absolute Gasteiger partial charge is 0.0885 e. The lowest BCUT2D eigenvalue weighted by molar-refractivity contribution is 0.0158. The van der Waals surface area contributed by atoms with Crippen molar-refractivity contribution in [2.45, 2.75) is 32.3 Å². The molecule has 0 aliphatic rings. The minimum atomic E-state index is -0.0232. The van der Waals surface area contributed by atoms with E-state index in [4.69, 9.17) is 9.47 Å². The monoisotopic (exact) mass is 201 g/mol. The van der Waals surface area contributed by atoms with E-state index in [1.165, 1.54) is 6.26 Å². The Kier molecular flexibility index (Phi) is 7.52. The quantitative estimate of drug-likeness (QED) is 0.457. The van der Waals surface area contributed by atoms with E-state index in [2.05, 4.69) is 25.7 Å². The van der Waals surface area contributed by atoms with Crippen LogP contribution in [0, 0.1) is 0 Å². The summed E-state index contributed by atoms with van der Waals surface area (Å²) in [7, 11) is 1.75. The Morgan fingerprint density at radius 2 is 2.07 bits per heavy atom. The Bertz CT molecular complexity index is 146. The van der Waals surface area contributed by atoms with Gasteiger partial charge in [0.1, 0.15) is 0 Å². The van der Waals surface area contributed by atoms with Gasteiger partial charge in [0.05, 0.1) is 18.5 Å². The number of hydrogen-bond acceptors (Lipinski definition) is 3. The molecule has 0 amide bonds. The van der Waals surface area contributed by atoms with E-state index in [0.29, 0.717) is 0 Å². The minimum absolute atomic E-state index is 0.0232. The van der Waals surface area contributed by atoms with E-state index in [0.717, 1.165) is 32.5 Å². The molecule has 0 fully saturated rings. The SMILES string of the molecule is C=COCCCNCCC(C)(C)OC.